The van der Waals surface area contributed by atoms with Crippen LogP contribution < -0.4 is 4.72 Å². The lowest BCUT2D eigenvalue weighted by molar-refractivity contribution is 0.505. The Morgan fingerprint density at radius 3 is 2.26 bits per heavy atom. The summed E-state index contributed by atoms with van der Waals surface area (Å²) in [5.41, 5.74) is 0.580. The third kappa shape index (κ3) is 4.80. The number of sulfonamides is 1. The topological polar surface area (TPSA) is 46.2 Å². The van der Waals surface area contributed by atoms with E-state index < -0.39 is 33.5 Å². The molecule has 124 valence electrons. The summed E-state index contributed by atoms with van der Waals surface area (Å²) in [6.07, 6.45) is 0.801. The minimum atomic E-state index is -3.75. The van der Waals surface area contributed by atoms with Gasteiger partial charge in [-0.05, 0) is 61.7 Å². The van der Waals surface area contributed by atoms with E-state index in [0.717, 1.165) is 24.3 Å². The lowest BCUT2D eigenvalue weighted by Crippen LogP contribution is -2.32. The molecule has 1 unspecified atom stereocenters. The Hall–Kier alpha value is -1.86. The van der Waals surface area contributed by atoms with Crippen LogP contribution in [0.4, 0.5) is 13.2 Å². The van der Waals surface area contributed by atoms with Gasteiger partial charge in [0.15, 0.2) is 11.6 Å². The zero-order chi connectivity index (χ0) is 17.0. The van der Waals surface area contributed by atoms with Gasteiger partial charge in [-0.2, -0.15) is 0 Å². The molecule has 3 nitrogen and oxygen atoms in total. The van der Waals surface area contributed by atoms with Gasteiger partial charge in [0.25, 0.3) is 0 Å². The number of nitrogens with one attached hydrogen (secondary N) is 1. The molecule has 0 radical (unpaired) electrons. The van der Waals surface area contributed by atoms with E-state index in [1.165, 1.54) is 18.2 Å². The minimum Gasteiger partial charge on any atom is -0.208 e. The van der Waals surface area contributed by atoms with Crippen molar-refractivity contribution in [1.82, 2.24) is 4.72 Å². The first-order valence-corrected chi connectivity index (χ1v) is 8.48. The standard InChI is InChI=1S/C16H16F3NO2S/c1-11(2-3-12-4-9-15(18)16(19)10-12)20-23(21,22)14-7-5-13(17)6-8-14/h4-11,20H,2-3H2,1H3. The first-order chi connectivity index (χ1) is 10.8. The van der Waals surface area contributed by atoms with Crippen molar-refractivity contribution in [3.63, 3.8) is 0 Å². The van der Waals surface area contributed by atoms with Crippen molar-refractivity contribution in [2.75, 3.05) is 0 Å². The molecule has 0 aromatic heterocycles. The highest BCUT2D eigenvalue weighted by atomic mass is 32.2. The minimum absolute atomic E-state index is 0.0291. The van der Waals surface area contributed by atoms with E-state index in [9.17, 15) is 21.6 Å². The normalized spacial score (nSPS) is 13.0. The van der Waals surface area contributed by atoms with Gasteiger partial charge in [0.2, 0.25) is 10.0 Å². The number of aryl methyl sites for hydroxylation is 1. The van der Waals surface area contributed by atoms with Crippen molar-refractivity contribution in [2.24, 2.45) is 0 Å². The SMILES string of the molecule is CC(CCc1ccc(F)c(F)c1)NS(=O)(=O)c1ccc(F)cc1. The molecular formula is C16H16F3NO2S. The molecule has 1 N–H and O–H groups in total. The van der Waals surface area contributed by atoms with E-state index >= 15 is 0 Å². The maximum Gasteiger partial charge on any atom is 0.240 e. The van der Waals surface area contributed by atoms with Crippen LogP contribution in [0.15, 0.2) is 47.4 Å². The first kappa shape index (κ1) is 17.5. The predicted molar refractivity (Wildman–Crippen MR) is 80.9 cm³/mol. The zero-order valence-electron chi connectivity index (χ0n) is 12.4. The maximum atomic E-state index is 13.1. The highest BCUT2D eigenvalue weighted by molar-refractivity contribution is 7.89. The van der Waals surface area contributed by atoms with Crippen LogP contribution in [0.2, 0.25) is 0 Å². The summed E-state index contributed by atoms with van der Waals surface area (Å²) in [5.74, 6) is -2.36. The number of hydrogen-bond acceptors (Lipinski definition) is 2. The van der Waals surface area contributed by atoms with Gasteiger partial charge >= 0.3 is 0 Å². The smallest absolute Gasteiger partial charge is 0.208 e. The largest absolute Gasteiger partial charge is 0.240 e. The molecule has 0 saturated heterocycles. The second-order valence-electron chi connectivity index (χ2n) is 5.26. The predicted octanol–water partition coefficient (Wildman–Crippen LogP) is 3.40. The molecule has 0 fully saturated rings. The van der Waals surface area contributed by atoms with Crippen LogP contribution in [0.1, 0.15) is 18.9 Å². The van der Waals surface area contributed by atoms with Gasteiger partial charge in [0.1, 0.15) is 5.82 Å². The Morgan fingerprint density at radius 1 is 1.00 bits per heavy atom. The number of rotatable bonds is 6. The number of halogens is 3. The third-order valence-electron chi connectivity index (χ3n) is 3.33. The molecule has 0 amide bonds. The summed E-state index contributed by atoms with van der Waals surface area (Å²) in [6, 6.07) is 7.67. The van der Waals surface area contributed by atoms with Crippen molar-refractivity contribution in [3.8, 4) is 0 Å². The van der Waals surface area contributed by atoms with E-state index in [1.807, 2.05) is 0 Å². The Bertz CT molecular complexity index is 776. The average Bonchev–Trinajstić information content (AvgIpc) is 2.48. The van der Waals surface area contributed by atoms with Gasteiger partial charge in [0, 0.05) is 6.04 Å². The molecule has 0 aliphatic carbocycles. The second-order valence-corrected chi connectivity index (χ2v) is 6.98. The molecule has 23 heavy (non-hydrogen) atoms. The third-order valence-corrected chi connectivity index (χ3v) is 4.94. The molecule has 0 saturated carbocycles. The molecule has 2 aromatic rings. The summed E-state index contributed by atoms with van der Waals surface area (Å²) in [4.78, 5) is -0.0291. The lowest BCUT2D eigenvalue weighted by Gasteiger charge is -2.14. The van der Waals surface area contributed by atoms with E-state index in [-0.39, 0.29) is 4.90 Å². The van der Waals surface area contributed by atoms with Crippen LogP contribution in [0, 0.1) is 17.5 Å². The molecular weight excluding hydrogens is 327 g/mol. The van der Waals surface area contributed by atoms with Gasteiger partial charge in [-0.25, -0.2) is 26.3 Å². The van der Waals surface area contributed by atoms with Crippen molar-refractivity contribution >= 4 is 10.0 Å². The van der Waals surface area contributed by atoms with Gasteiger partial charge in [0.05, 0.1) is 4.90 Å². The Balaban J connectivity index is 1.97. The summed E-state index contributed by atoms with van der Waals surface area (Å²) in [7, 11) is -3.75. The molecule has 2 aromatic carbocycles. The molecule has 7 heteroatoms. The van der Waals surface area contributed by atoms with Crippen molar-refractivity contribution < 1.29 is 21.6 Å². The van der Waals surface area contributed by atoms with Crippen LogP contribution in [-0.4, -0.2) is 14.5 Å². The van der Waals surface area contributed by atoms with Crippen LogP contribution in [0.5, 0.6) is 0 Å². The average molecular weight is 343 g/mol. The highest BCUT2D eigenvalue weighted by Gasteiger charge is 2.17. The molecule has 0 aliphatic rings. The van der Waals surface area contributed by atoms with Crippen LogP contribution in [-0.2, 0) is 16.4 Å². The molecule has 0 spiro atoms. The maximum absolute atomic E-state index is 13.1. The van der Waals surface area contributed by atoms with Crippen LogP contribution >= 0.6 is 0 Å². The fourth-order valence-corrected chi connectivity index (χ4v) is 3.36. The molecule has 2 rings (SSSR count). The van der Waals surface area contributed by atoms with E-state index in [1.54, 1.807) is 6.92 Å². The van der Waals surface area contributed by atoms with Gasteiger partial charge < -0.3 is 0 Å². The quantitative estimate of drug-likeness (QED) is 0.874. The summed E-state index contributed by atoms with van der Waals surface area (Å²) in [6.45, 7) is 1.67. The zero-order valence-corrected chi connectivity index (χ0v) is 13.2. The van der Waals surface area contributed by atoms with Crippen molar-refractivity contribution in [1.29, 1.82) is 0 Å². The Morgan fingerprint density at radius 2 is 1.65 bits per heavy atom. The second kappa shape index (κ2) is 7.14. The summed E-state index contributed by atoms with van der Waals surface area (Å²) < 4.78 is 65.5. The molecule has 0 aliphatic heterocycles. The highest BCUT2D eigenvalue weighted by Crippen LogP contribution is 2.14. The molecule has 1 atom stereocenters. The Kier molecular flexibility index (Phi) is 5.43. The summed E-state index contributed by atoms with van der Waals surface area (Å²) >= 11 is 0. The van der Waals surface area contributed by atoms with Gasteiger partial charge in [-0.15, -0.1) is 0 Å². The van der Waals surface area contributed by atoms with E-state index in [4.69, 9.17) is 0 Å². The van der Waals surface area contributed by atoms with Crippen molar-refractivity contribution in [2.45, 2.75) is 30.7 Å². The molecule has 0 bridgehead atoms. The number of hydrogen-bond donors (Lipinski definition) is 1. The van der Waals surface area contributed by atoms with Gasteiger partial charge in [-0.1, -0.05) is 6.07 Å². The van der Waals surface area contributed by atoms with Crippen LogP contribution in [0.25, 0.3) is 0 Å². The van der Waals surface area contributed by atoms with E-state index in [0.29, 0.717) is 18.4 Å². The van der Waals surface area contributed by atoms with E-state index in [2.05, 4.69) is 4.72 Å². The summed E-state index contributed by atoms with van der Waals surface area (Å²) in [5, 5.41) is 0. The van der Waals surface area contributed by atoms with Gasteiger partial charge in [-0.3, -0.25) is 0 Å². The lowest BCUT2D eigenvalue weighted by atomic mass is 10.1. The van der Waals surface area contributed by atoms with Crippen molar-refractivity contribution in [3.05, 3.63) is 65.5 Å². The molecule has 0 heterocycles. The van der Waals surface area contributed by atoms with Crippen LogP contribution in [0.3, 0.4) is 0 Å². The fraction of sp³-hybridized carbons (Fsp3) is 0.250. The fourth-order valence-electron chi connectivity index (χ4n) is 2.08. The monoisotopic (exact) mass is 343 g/mol. The number of benzene rings is 2. The first-order valence-electron chi connectivity index (χ1n) is 7.00. The Labute approximate surface area is 133 Å².